The highest BCUT2D eigenvalue weighted by atomic mass is 35.5. The van der Waals surface area contributed by atoms with Crippen LogP contribution in [0.4, 0.5) is 0 Å². The van der Waals surface area contributed by atoms with Crippen molar-refractivity contribution in [1.82, 2.24) is 14.6 Å². The highest BCUT2D eigenvalue weighted by Crippen LogP contribution is 2.18. The number of carbonyl (C=O) groups is 1. The van der Waals surface area contributed by atoms with E-state index in [0.29, 0.717) is 17.9 Å². The lowest BCUT2D eigenvalue weighted by atomic mass is 10.1. The second-order valence-electron chi connectivity index (χ2n) is 6.07. The van der Waals surface area contributed by atoms with Gasteiger partial charge in [-0.05, 0) is 38.8 Å². The van der Waals surface area contributed by atoms with Gasteiger partial charge in [0.15, 0.2) is 5.65 Å². The lowest BCUT2D eigenvalue weighted by Crippen LogP contribution is -2.10. The zero-order valence-corrected chi connectivity index (χ0v) is 15.3. The summed E-state index contributed by atoms with van der Waals surface area (Å²) in [6, 6.07) is 9.29. The van der Waals surface area contributed by atoms with E-state index in [9.17, 15) is 4.79 Å². The normalized spacial score (nSPS) is 11.0. The first kappa shape index (κ1) is 17.4. The third-order valence-corrected chi connectivity index (χ3v) is 4.58. The molecule has 1 aromatic carbocycles. The zero-order valence-electron chi connectivity index (χ0n) is 14.5. The summed E-state index contributed by atoms with van der Waals surface area (Å²) in [4.78, 5) is 16.7. The summed E-state index contributed by atoms with van der Waals surface area (Å²) >= 11 is 6.07. The van der Waals surface area contributed by atoms with Crippen LogP contribution in [0.1, 0.15) is 34.6 Å². The predicted octanol–water partition coefficient (Wildman–Crippen LogP) is 3.98. The molecule has 0 atom stereocenters. The molecule has 0 spiro atoms. The van der Waals surface area contributed by atoms with Gasteiger partial charge in [0.2, 0.25) is 0 Å². The van der Waals surface area contributed by atoms with Crippen LogP contribution in [0.25, 0.3) is 5.65 Å². The monoisotopic (exact) mass is 357 g/mol. The van der Waals surface area contributed by atoms with Crippen molar-refractivity contribution in [3.05, 3.63) is 63.6 Å². The van der Waals surface area contributed by atoms with Crippen LogP contribution >= 0.6 is 11.6 Å². The van der Waals surface area contributed by atoms with E-state index in [0.717, 1.165) is 33.9 Å². The molecule has 3 rings (SSSR count). The standard InChI is InChI=1S/C19H20ClN3O2/c1-12-10-18-21-13(2)16(14(3)23(18)22-12)8-9-19(24)25-11-15-6-4-5-7-17(15)20/h4-7,10H,8-9,11H2,1-3H3. The van der Waals surface area contributed by atoms with Crippen molar-refractivity contribution in [3.8, 4) is 0 Å². The fourth-order valence-corrected chi connectivity index (χ4v) is 3.07. The molecular weight excluding hydrogens is 338 g/mol. The van der Waals surface area contributed by atoms with Crippen LogP contribution in [-0.4, -0.2) is 20.6 Å². The summed E-state index contributed by atoms with van der Waals surface area (Å²) in [5.74, 6) is -0.254. The topological polar surface area (TPSA) is 56.5 Å². The molecule has 0 aliphatic heterocycles. The van der Waals surface area contributed by atoms with E-state index >= 15 is 0 Å². The number of esters is 1. The van der Waals surface area contributed by atoms with Crippen LogP contribution in [0.3, 0.4) is 0 Å². The number of fused-ring (bicyclic) bond motifs is 1. The first-order chi connectivity index (χ1) is 12.0. The molecule has 2 heterocycles. The van der Waals surface area contributed by atoms with Gasteiger partial charge in [-0.1, -0.05) is 29.8 Å². The van der Waals surface area contributed by atoms with Crippen LogP contribution in [0.2, 0.25) is 5.02 Å². The SMILES string of the molecule is Cc1cc2nc(C)c(CCC(=O)OCc3ccccc3Cl)c(C)n2n1. The van der Waals surface area contributed by atoms with Gasteiger partial charge in [0.05, 0.1) is 5.69 Å². The van der Waals surface area contributed by atoms with E-state index in [-0.39, 0.29) is 12.6 Å². The molecule has 130 valence electrons. The van der Waals surface area contributed by atoms with Crippen molar-refractivity contribution in [2.24, 2.45) is 0 Å². The number of aromatic nitrogens is 3. The summed E-state index contributed by atoms with van der Waals surface area (Å²) in [7, 11) is 0. The molecule has 0 radical (unpaired) electrons. The van der Waals surface area contributed by atoms with Gasteiger partial charge < -0.3 is 4.74 Å². The smallest absolute Gasteiger partial charge is 0.306 e. The van der Waals surface area contributed by atoms with Crippen LogP contribution < -0.4 is 0 Å². The van der Waals surface area contributed by atoms with E-state index in [1.807, 2.05) is 49.6 Å². The van der Waals surface area contributed by atoms with Gasteiger partial charge in [-0.25, -0.2) is 9.50 Å². The minimum atomic E-state index is -0.254. The third-order valence-electron chi connectivity index (χ3n) is 4.21. The average Bonchev–Trinajstić information content (AvgIpc) is 2.94. The van der Waals surface area contributed by atoms with Gasteiger partial charge in [0, 0.05) is 34.5 Å². The molecule has 5 nitrogen and oxygen atoms in total. The minimum Gasteiger partial charge on any atom is -0.461 e. The van der Waals surface area contributed by atoms with Crippen LogP contribution in [-0.2, 0) is 22.6 Å². The van der Waals surface area contributed by atoms with Gasteiger partial charge in [0.25, 0.3) is 0 Å². The maximum Gasteiger partial charge on any atom is 0.306 e. The van der Waals surface area contributed by atoms with E-state index in [2.05, 4.69) is 10.1 Å². The second kappa shape index (κ2) is 7.23. The Morgan fingerprint density at radius 1 is 1.24 bits per heavy atom. The van der Waals surface area contributed by atoms with Gasteiger partial charge >= 0.3 is 5.97 Å². The molecule has 2 aromatic heterocycles. The molecule has 6 heteroatoms. The zero-order chi connectivity index (χ0) is 18.0. The molecular formula is C19H20ClN3O2. The first-order valence-electron chi connectivity index (χ1n) is 8.17. The molecule has 0 aliphatic carbocycles. The number of halogens is 1. The Morgan fingerprint density at radius 3 is 2.76 bits per heavy atom. The fourth-order valence-electron chi connectivity index (χ4n) is 2.88. The average molecular weight is 358 g/mol. The number of hydrogen-bond acceptors (Lipinski definition) is 4. The highest BCUT2D eigenvalue weighted by molar-refractivity contribution is 6.31. The number of rotatable bonds is 5. The molecule has 3 aromatic rings. The number of ether oxygens (including phenoxy) is 1. The van der Waals surface area contributed by atoms with Crippen molar-refractivity contribution < 1.29 is 9.53 Å². The first-order valence-corrected chi connectivity index (χ1v) is 8.55. The second-order valence-corrected chi connectivity index (χ2v) is 6.48. The number of nitrogens with zero attached hydrogens (tertiary/aromatic N) is 3. The van der Waals surface area contributed by atoms with E-state index in [4.69, 9.17) is 16.3 Å². The molecule has 0 fully saturated rings. The van der Waals surface area contributed by atoms with Crippen LogP contribution in [0, 0.1) is 20.8 Å². The lowest BCUT2D eigenvalue weighted by molar-refractivity contribution is -0.144. The van der Waals surface area contributed by atoms with Gasteiger partial charge in [0.1, 0.15) is 6.61 Å². The van der Waals surface area contributed by atoms with Gasteiger partial charge in [-0.2, -0.15) is 5.10 Å². The predicted molar refractivity (Wildman–Crippen MR) is 96.8 cm³/mol. The van der Waals surface area contributed by atoms with Gasteiger partial charge in [-0.15, -0.1) is 0 Å². The van der Waals surface area contributed by atoms with E-state index < -0.39 is 0 Å². The molecule has 0 N–H and O–H groups in total. The molecule has 0 unspecified atom stereocenters. The minimum absolute atomic E-state index is 0.187. The Bertz CT molecular complexity index is 934. The fraction of sp³-hybridized carbons (Fsp3) is 0.316. The number of carbonyl (C=O) groups excluding carboxylic acids is 1. The summed E-state index contributed by atoms with van der Waals surface area (Å²) in [6.45, 7) is 6.08. The maximum absolute atomic E-state index is 12.1. The van der Waals surface area contributed by atoms with Crippen molar-refractivity contribution in [2.75, 3.05) is 0 Å². The molecule has 0 saturated heterocycles. The van der Waals surface area contributed by atoms with Gasteiger partial charge in [-0.3, -0.25) is 4.79 Å². The summed E-state index contributed by atoms with van der Waals surface area (Å²) in [6.07, 6.45) is 0.862. The molecule has 25 heavy (non-hydrogen) atoms. The largest absolute Gasteiger partial charge is 0.461 e. The summed E-state index contributed by atoms with van der Waals surface area (Å²) < 4.78 is 7.16. The molecule has 0 aliphatic rings. The van der Waals surface area contributed by atoms with Crippen molar-refractivity contribution >= 4 is 23.2 Å². The molecule has 0 bridgehead atoms. The Balaban J connectivity index is 1.66. The number of hydrogen-bond donors (Lipinski definition) is 0. The molecule has 0 amide bonds. The summed E-state index contributed by atoms with van der Waals surface area (Å²) in [5, 5.41) is 5.05. The van der Waals surface area contributed by atoms with Crippen LogP contribution in [0.15, 0.2) is 30.3 Å². The Labute approximate surface area is 151 Å². The highest BCUT2D eigenvalue weighted by Gasteiger charge is 2.13. The lowest BCUT2D eigenvalue weighted by Gasteiger charge is -2.11. The Hall–Kier alpha value is -2.40. The third kappa shape index (κ3) is 3.82. The number of benzene rings is 1. The maximum atomic E-state index is 12.1. The summed E-state index contributed by atoms with van der Waals surface area (Å²) in [5.41, 5.74) is 5.52. The molecule has 0 saturated carbocycles. The van der Waals surface area contributed by atoms with Crippen molar-refractivity contribution in [3.63, 3.8) is 0 Å². The Morgan fingerprint density at radius 2 is 2.00 bits per heavy atom. The van der Waals surface area contributed by atoms with Crippen LogP contribution in [0.5, 0.6) is 0 Å². The van der Waals surface area contributed by atoms with E-state index in [1.54, 1.807) is 6.07 Å². The van der Waals surface area contributed by atoms with Crippen molar-refractivity contribution in [1.29, 1.82) is 0 Å². The quantitative estimate of drug-likeness (QED) is 0.648. The number of aryl methyl sites for hydroxylation is 3. The van der Waals surface area contributed by atoms with Crippen molar-refractivity contribution in [2.45, 2.75) is 40.2 Å². The van der Waals surface area contributed by atoms with E-state index in [1.165, 1.54) is 0 Å². The Kier molecular flexibility index (Phi) is 5.04.